The van der Waals surface area contributed by atoms with Crippen molar-refractivity contribution in [3.8, 4) is 0 Å². The molecule has 4 rings (SSSR count). The number of hydrogen-bond donors (Lipinski definition) is 1. The van der Waals surface area contributed by atoms with Gasteiger partial charge < -0.3 is 10.1 Å². The topological polar surface area (TPSA) is 92.8 Å². The zero-order valence-electron chi connectivity index (χ0n) is 16.6. The number of carbonyl (C=O) groups excluding carboxylic acids is 4. The monoisotopic (exact) mass is 574 g/mol. The highest BCUT2D eigenvalue weighted by molar-refractivity contribution is 9.12. The Morgan fingerprint density at radius 2 is 1.77 bits per heavy atom. The van der Waals surface area contributed by atoms with Crippen molar-refractivity contribution in [1.82, 2.24) is 4.90 Å². The molecule has 3 amide bonds. The van der Waals surface area contributed by atoms with Crippen LogP contribution in [0.5, 0.6) is 0 Å². The van der Waals surface area contributed by atoms with Gasteiger partial charge >= 0.3 is 5.97 Å². The smallest absolute Gasteiger partial charge is 0.308 e. The Balaban J connectivity index is 1.27. The molecular weight excluding hydrogens is 556 g/mol. The minimum atomic E-state index is -0.643. The third-order valence-electron chi connectivity index (χ3n) is 6.52. The summed E-state index contributed by atoms with van der Waals surface area (Å²) in [5.74, 6) is -1.89. The van der Waals surface area contributed by atoms with Gasteiger partial charge in [0, 0.05) is 26.9 Å². The van der Waals surface area contributed by atoms with E-state index in [1.807, 2.05) is 0 Å². The Hall–Kier alpha value is -1.45. The quantitative estimate of drug-likeness (QED) is 0.319. The van der Waals surface area contributed by atoms with E-state index in [0.29, 0.717) is 16.3 Å². The molecule has 2 bridgehead atoms. The molecule has 31 heavy (non-hydrogen) atoms. The van der Waals surface area contributed by atoms with E-state index < -0.39 is 18.5 Å². The molecule has 2 aliphatic carbocycles. The van der Waals surface area contributed by atoms with Crippen molar-refractivity contribution in [2.75, 3.05) is 18.5 Å². The summed E-state index contributed by atoms with van der Waals surface area (Å²) < 4.78 is 5.01. The molecule has 1 aromatic rings. The molecule has 2 saturated carbocycles. The fourth-order valence-electron chi connectivity index (χ4n) is 4.98. The fraction of sp³-hybridized carbons (Fsp3) is 0.524. The van der Waals surface area contributed by atoms with Crippen LogP contribution in [-0.2, 0) is 23.9 Å². The molecule has 7 nitrogen and oxygen atoms in total. The van der Waals surface area contributed by atoms with Crippen molar-refractivity contribution in [2.24, 2.45) is 23.7 Å². The summed E-state index contributed by atoms with van der Waals surface area (Å²) in [6.45, 7) is 1.28. The van der Waals surface area contributed by atoms with Gasteiger partial charge in [-0.25, -0.2) is 0 Å². The van der Waals surface area contributed by atoms with E-state index in [-0.39, 0.29) is 58.1 Å². The number of nitrogens with one attached hydrogen (secondary N) is 1. The lowest BCUT2D eigenvalue weighted by atomic mass is 9.81. The Morgan fingerprint density at radius 3 is 2.39 bits per heavy atom. The van der Waals surface area contributed by atoms with Crippen LogP contribution in [0.2, 0.25) is 5.02 Å². The van der Waals surface area contributed by atoms with Crippen molar-refractivity contribution >= 4 is 72.8 Å². The van der Waals surface area contributed by atoms with Gasteiger partial charge in [0.05, 0.1) is 18.3 Å². The molecule has 1 N–H and O–H groups in total. The van der Waals surface area contributed by atoms with Crippen LogP contribution < -0.4 is 5.32 Å². The fourth-order valence-corrected chi connectivity index (χ4v) is 7.03. The minimum Gasteiger partial charge on any atom is -0.456 e. The summed E-state index contributed by atoms with van der Waals surface area (Å²) in [5, 5.41) is 3.16. The third-order valence-corrected chi connectivity index (χ3v) is 10.1. The van der Waals surface area contributed by atoms with Gasteiger partial charge in [-0.15, -0.1) is 0 Å². The van der Waals surface area contributed by atoms with Gasteiger partial charge in [-0.05, 0) is 42.9 Å². The summed E-state index contributed by atoms with van der Waals surface area (Å²) in [6.07, 6.45) is 0.709. The Bertz CT molecular complexity index is 926. The molecule has 3 fully saturated rings. The molecule has 166 valence electrons. The number of imide groups is 1. The number of ether oxygens (including phenoxy) is 1. The molecule has 1 aromatic carbocycles. The molecule has 0 unspecified atom stereocenters. The zero-order chi connectivity index (χ0) is 22.4. The Kier molecular flexibility index (Phi) is 6.47. The maximum absolute atomic E-state index is 12.8. The lowest BCUT2D eigenvalue weighted by Gasteiger charge is -2.28. The highest BCUT2D eigenvalue weighted by Crippen LogP contribution is 2.60. The minimum absolute atomic E-state index is 0.0299. The predicted octanol–water partition coefficient (Wildman–Crippen LogP) is 3.30. The number of benzene rings is 1. The van der Waals surface area contributed by atoms with Crippen LogP contribution in [0.15, 0.2) is 18.2 Å². The number of alkyl halides is 2. The van der Waals surface area contributed by atoms with Crippen molar-refractivity contribution < 1.29 is 23.9 Å². The van der Waals surface area contributed by atoms with Gasteiger partial charge in [0.1, 0.15) is 0 Å². The standard InChI is InChI=1S/C21H21Br2ClN2O5/c1-9-12(24)3-2-4-13(9)25-14(27)8-31-15(28)5-6-26-20(29)16-10-7-11(17(16)21(26)30)19(23)18(10)22/h2-4,10-11,16-19H,5-8H2,1H3,(H,25,27)/t10-,11-,16-,17+,18+,19+/m1/s1. The number of nitrogens with zero attached hydrogens (tertiary/aromatic N) is 1. The van der Waals surface area contributed by atoms with Crippen molar-refractivity contribution in [3.63, 3.8) is 0 Å². The van der Waals surface area contributed by atoms with E-state index in [1.54, 1.807) is 25.1 Å². The number of fused-ring (bicyclic) bond motifs is 5. The van der Waals surface area contributed by atoms with Crippen LogP contribution in [0.1, 0.15) is 18.4 Å². The van der Waals surface area contributed by atoms with Crippen LogP contribution in [0.3, 0.4) is 0 Å². The molecule has 1 heterocycles. The number of anilines is 1. The summed E-state index contributed by atoms with van der Waals surface area (Å²) in [7, 11) is 0. The van der Waals surface area contributed by atoms with Crippen molar-refractivity contribution in [2.45, 2.75) is 29.4 Å². The van der Waals surface area contributed by atoms with Gasteiger partial charge in [0.15, 0.2) is 6.61 Å². The third kappa shape index (κ3) is 4.04. The average Bonchev–Trinajstić information content (AvgIpc) is 3.33. The molecule has 6 atom stereocenters. The summed E-state index contributed by atoms with van der Waals surface area (Å²) in [5.41, 5.74) is 1.25. The van der Waals surface area contributed by atoms with Crippen LogP contribution in [0, 0.1) is 30.6 Å². The number of rotatable bonds is 6. The largest absolute Gasteiger partial charge is 0.456 e. The molecular formula is C21H21Br2ClN2O5. The highest BCUT2D eigenvalue weighted by atomic mass is 79.9. The van der Waals surface area contributed by atoms with Gasteiger partial charge in [-0.3, -0.25) is 24.1 Å². The highest BCUT2D eigenvalue weighted by Gasteiger charge is 2.66. The van der Waals surface area contributed by atoms with E-state index in [0.717, 1.165) is 6.42 Å². The summed E-state index contributed by atoms with van der Waals surface area (Å²) in [6, 6.07) is 5.12. The molecule has 10 heteroatoms. The molecule has 0 aromatic heterocycles. The summed E-state index contributed by atoms with van der Waals surface area (Å²) >= 11 is 13.3. The van der Waals surface area contributed by atoms with E-state index in [4.69, 9.17) is 16.3 Å². The molecule has 1 saturated heterocycles. The normalized spacial score (nSPS) is 31.2. The van der Waals surface area contributed by atoms with Gasteiger partial charge in [-0.2, -0.15) is 0 Å². The van der Waals surface area contributed by atoms with Crippen LogP contribution in [0.4, 0.5) is 5.69 Å². The lowest BCUT2D eigenvalue weighted by molar-refractivity contribution is -0.149. The SMILES string of the molecule is Cc1c(Cl)cccc1NC(=O)COC(=O)CCN1C(=O)[C@@H]2[C@H]3C[C@@H]([C@H](Br)[C@H]3Br)[C@@H]2C1=O. The Labute approximate surface area is 201 Å². The first-order chi connectivity index (χ1) is 14.7. The van der Waals surface area contributed by atoms with E-state index in [1.165, 1.54) is 4.90 Å². The number of amides is 3. The summed E-state index contributed by atoms with van der Waals surface area (Å²) in [4.78, 5) is 51.3. The first-order valence-corrected chi connectivity index (χ1v) is 12.3. The first-order valence-electron chi connectivity index (χ1n) is 10.0. The van der Waals surface area contributed by atoms with Crippen LogP contribution in [-0.4, -0.2) is 51.4 Å². The van der Waals surface area contributed by atoms with Gasteiger partial charge in [0.25, 0.3) is 5.91 Å². The van der Waals surface area contributed by atoms with E-state index >= 15 is 0 Å². The van der Waals surface area contributed by atoms with Gasteiger partial charge in [0.2, 0.25) is 11.8 Å². The van der Waals surface area contributed by atoms with E-state index in [2.05, 4.69) is 37.2 Å². The number of likely N-dealkylation sites (tertiary alicyclic amines) is 1. The van der Waals surface area contributed by atoms with Gasteiger partial charge in [-0.1, -0.05) is 49.5 Å². The molecule has 3 aliphatic rings. The number of carbonyl (C=O) groups is 4. The second-order valence-electron chi connectivity index (χ2n) is 8.20. The average molecular weight is 577 g/mol. The second-order valence-corrected chi connectivity index (χ2v) is 10.7. The lowest BCUT2D eigenvalue weighted by Crippen LogP contribution is -2.37. The zero-order valence-corrected chi connectivity index (χ0v) is 20.6. The second kappa shape index (κ2) is 8.83. The predicted molar refractivity (Wildman–Crippen MR) is 121 cm³/mol. The number of esters is 1. The maximum atomic E-state index is 12.8. The Morgan fingerprint density at radius 1 is 1.16 bits per heavy atom. The van der Waals surface area contributed by atoms with Crippen molar-refractivity contribution in [1.29, 1.82) is 0 Å². The maximum Gasteiger partial charge on any atom is 0.308 e. The molecule has 1 aliphatic heterocycles. The molecule has 0 radical (unpaired) electrons. The number of halogens is 3. The number of hydrogen-bond acceptors (Lipinski definition) is 5. The van der Waals surface area contributed by atoms with E-state index in [9.17, 15) is 19.2 Å². The van der Waals surface area contributed by atoms with Crippen LogP contribution >= 0.6 is 43.5 Å². The van der Waals surface area contributed by atoms with Crippen LogP contribution in [0.25, 0.3) is 0 Å². The first kappa shape index (κ1) is 22.7. The van der Waals surface area contributed by atoms with Crippen molar-refractivity contribution in [3.05, 3.63) is 28.8 Å². The molecule has 0 spiro atoms.